The molecule has 1 nitrogen and oxygen atoms in total. The van der Waals surface area contributed by atoms with Gasteiger partial charge in [0.1, 0.15) is 4.70 Å². The first-order chi connectivity index (χ1) is 7.68. The van der Waals surface area contributed by atoms with Crippen molar-refractivity contribution in [1.82, 2.24) is 0 Å². The van der Waals surface area contributed by atoms with Crippen LogP contribution in [0.5, 0.6) is 0 Å². The van der Waals surface area contributed by atoms with Crippen LogP contribution in [-0.4, -0.2) is 0 Å². The van der Waals surface area contributed by atoms with Gasteiger partial charge in [-0.2, -0.15) is 4.98 Å². The second kappa shape index (κ2) is 3.29. The summed E-state index contributed by atoms with van der Waals surface area (Å²) in [5.41, 5.74) is 4.06. The fraction of sp³-hybridized carbons (Fsp3) is 0.214. The number of aromatic nitrogens is 1. The van der Waals surface area contributed by atoms with E-state index < -0.39 is 0 Å². The Hall–Kier alpha value is -1.41. The van der Waals surface area contributed by atoms with Crippen molar-refractivity contribution in [2.45, 2.75) is 20.8 Å². The first-order valence-electron chi connectivity index (χ1n) is 5.49. The predicted octanol–water partition coefficient (Wildman–Crippen LogP) is 3.79. The van der Waals surface area contributed by atoms with Gasteiger partial charge in [-0.15, -0.1) is 0 Å². The standard InChI is InChI=1S/C14H13NS/c1-8-11-6-4-5-7-12(11)9(2)14-13(8)15-10(3)16-14/h4-7H,1-3H3/p+1. The molecule has 0 aliphatic rings. The molecule has 0 saturated carbocycles. The average Bonchev–Trinajstić information content (AvgIpc) is 2.68. The molecule has 16 heavy (non-hydrogen) atoms. The van der Waals surface area contributed by atoms with Gasteiger partial charge in [-0.25, -0.2) is 0 Å². The van der Waals surface area contributed by atoms with E-state index in [1.165, 1.54) is 37.1 Å². The Bertz CT molecular complexity index is 636. The number of hydrogen-bond donors (Lipinski definition) is 0. The summed E-state index contributed by atoms with van der Waals surface area (Å²) in [6, 6.07) is 8.65. The molecule has 0 atom stereocenters. The van der Waals surface area contributed by atoms with Crippen molar-refractivity contribution in [2.24, 2.45) is 0 Å². The first-order valence-corrected chi connectivity index (χ1v) is 6.30. The van der Waals surface area contributed by atoms with Crippen molar-refractivity contribution in [2.75, 3.05) is 0 Å². The molecule has 1 N–H and O–H groups in total. The van der Waals surface area contributed by atoms with Gasteiger partial charge in [0.05, 0.1) is 0 Å². The number of fused-ring (bicyclic) bond motifs is 2. The van der Waals surface area contributed by atoms with Gasteiger partial charge in [0, 0.05) is 12.5 Å². The summed E-state index contributed by atoms with van der Waals surface area (Å²) in [6.07, 6.45) is 0. The van der Waals surface area contributed by atoms with E-state index in [4.69, 9.17) is 0 Å². The van der Waals surface area contributed by atoms with E-state index in [1.54, 1.807) is 0 Å². The number of H-pyrrole nitrogens is 1. The van der Waals surface area contributed by atoms with Gasteiger partial charge in [0.15, 0.2) is 0 Å². The molecule has 80 valence electrons. The topological polar surface area (TPSA) is 14.1 Å². The van der Waals surface area contributed by atoms with Crippen LogP contribution in [0, 0.1) is 20.8 Å². The maximum atomic E-state index is 3.48. The van der Waals surface area contributed by atoms with Crippen molar-refractivity contribution in [3.63, 3.8) is 0 Å². The fourth-order valence-electron chi connectivity index (χ4n) is 2.38. The normalized spacial score (nSPS) is 11.4. The average molecular weight is 228 g/mol. The second-order valence-electron chi connectivity index (χ2n) is 4.28. The molecular weight excluding hydrogens is 214 g/mol. The molecule has 0 unspecified atom stereocenters. The highest BCUT2D eigenvalue weighted by Crippen LogP contribution is 2.32. The number of aromatic amines is 1. The van der Waals surface area contributed by atoms with Crippen molar-refractivity contribution in [1.29, 1.82) is 0 Å². The minimum Gasteiger partial charge on any atom is -0.199 e. The van der Waals surface area contributed by atoms with Gasteiger partial charge in [-0.1, -0.05) is 35.6 Å². The summed E-state index contributed by atoms with van der Waals surface area (Å²) < 4.78 is 1.40. The van der Waals surface area contributed by atoms with Crippen LogP contribution in [0.25, 0.3) is 21.0 Å². The van der Waals surface area contributed by atoms with Gasteiger partial charge >= 0.3 is 0 Å². The SMILES string of the molecule is Cc1[nH+]c2c(C)c3ccccc3c(C)c2s1. The molecule has 2 aromatic carbocycles. The van der Waals surface area contributed by atoms with Gasteiger partial charge in [0.25, 0.3) is 0 Å². The molecule has 1 heterocycles. The van der Waals surface area contributed by atoms with Crippen molar-refractivity contribution in [3.05, 3.63) is 40.4 Å². The highest BCUT2D eigenvalue weighted by atomic mass is 32.1. The molecule has 0 fully saturated rings. The van der Waals surface area contributed by atoms with Crippen LogP contribution in [0.3, 0.4) is 0 Å². The molecule has 3 aromatic rings. The summed E-state index contributed by atoms with van der Waals surface area (Å²) in [5.74, 6) is 0. The molecule has 2 heteroatoms. The molecule has 0 saturated heterocycles. The summed E-state index contributed by atoms with van der Waals surface area (Å²) in [6.45, 7) is 6.55. The minimum absolute atomic E-state index is 1.27. The van der Waals surface area contributed by atoms with Gasteiger partial charge in [-0.05, 0) is 30.2 Å². The quantitative estimate of drug-likeness (QED) is 0.556. The van der Waals surface area contributed by atoms with Crippen LogP contribution < -0.4 is 4.98 Å². The zero-order valence-corrected chi connectivity index (χ0v) is 10.5. The maximum Gasteiger partial charge on any atom is 0.233 e. The van der Waals surface area contributed by atoms with E-state index >= 15 is 0 Å². The number of benzene rings is 2. The summed E-state index contributed by atoms with van der Waals surface area (Å²) in [4.78, 5) is 3.48. The third-order valence-corrected chi connectivity index (χ3v) is 4.36. The number of nitrogens with one attached hydrogen (secondary N) is 1. The fourth-order valence-corrected chi connectivity index (χ4v) is 3.41. The molecular formula is C14H14NS+. The summed E-state index contributed by atoms with van der Waals surface area (Å²) in [7, 11) is 0. The van der Waals surface area contributed by atoms with E-state index in [0.29, 0.717) is 0 Å². The van der Waals surface area contributed by atoms with Crippen molar-refractivity contribution < 1.29 is 4.98 Å². The monoisotopic (exact) mass is 228 g/mol. The van der Waals surface area contributed by atoms with Crippen LogP contribution in [-0.2, 0) is 0 Å². The minimum atomic E-state index is 1.27. The molecule has 0 bridgehead atoms. The Morgan fingerprint density at radius 3 is 2.25 bits per heavy atom. The van der Waals surface area contributed by atoms with Crippen molar-refractivity contribution in [3.8, 4) is 0 Å². The first kappa shape index (κ1) is 9.79. The lowest BCUT2D eigenvalue weighted by molar-refractivity contribution is -0.347. The Labute approximate surface area is 98.7 Å². The third kappa shape index (κ3) is 1.20. The molecule has 3 rings (SSSR count). The summed E-state index contributed by atoms with van der Waals surface area (Å²) in [5, 5.41) is 4.01. The Balaban J connectivity index is 2.65. The molecule has 0 amide bonds. The van der Waals surface area contributed by atoms with E-state index in [1.807, 2.05) is 11.3 Å². The van der Waals surface area contributed by atoms with Gasteiger partial charge in [-0.3, -0.25) is 0 Å². The lowest BCUT2D eigenvalue weighted by Gasteiger charge is -2.04. The molecule has 0 radical (unpaired) electrons. The zero-order chi connectivity index (χ0) is 11.3. The lowest BCUT2D eigenvalue weighted by Crippen LogP contribution is -2.02. The highest BCUT2D eigenvalue weighted by Gasteiger charge is 2.16. The summed E-state index contributed by atoms with van der Waals surface area (Å²) >= 11 is 1.85. The van der Waals surface area contributed by atoms with Crippen LogP contribution in [0.4, 0.5) is 0 Å². The van der Waals surface area contributed by atoms with E-state index in [2.05, 4.69) is 50.0 Å². The van der Waals surface area contributed by atoms with Crippen molar-refractivity contribution >= 4 is 32.3 Å². The van der Waals surface area contributed by atoms with Crippen LogP contribution >= 0.6 is 11.3 Å². The Kier molecular flexibility index (Phi) is 2.01. The predicted molar refractivity (Wildman–Crippen MR) is 70.1 cm³/mol. The number of aryl methyl sites for hydroxylation is 3. The Morgan fingerprint density at radius 1 is 0.938 bits per heavy atom. The number of hydrogen-bond acceptors (Lipinski definition) is 1. The number of rotatable bonds is 0. The van der Waals surface area contributed by atoms with Crippen LogP contribution in [0.2, 0.25) is 0 Å². The zero-order valence-electron chi connectivity index (χ0n) is 9.72. The Morgan fingerprint density at radius 2 is 1.56 bits per heavy atom. The van der Waals surface area contributed by atoms with E-state index in [9.17, 15) is 0 Å². The third-order valence-electron chi connectivity index (χ3n) is 3.23. The molecule has 0 aliphatic heterocycles. The molecule has 0 spiro atoms. The van der Waals surface area contributed by atoms with E-state index in [-0.39, 0.29) is 0 Å². The van der Waals surface area contributed by atoms with Gasteiger partial charge in [0.2, 0.25) is 10.5 Å². The van der Waals surface area contributed by atoms with Gasteiger partial charge < -0.3 is 0 Å². The largest absolute Gasteiger partial charge is 0.233 e. The molecule has 0 aliphatic carbocycles. The van der Waals surface area contributed by atoms with E-state index in [0.717, 1.165) is 0 Å². The lowest BCUT2D eigenvalue weighted by atomic mass is 10.00. The second-order valence-corrected chi connectivity index (χ2v) is 5.51. The van der Waals surface area contributed by atoms with Crippen LogP contribution in [0.15, 0.2) is 24.3 Å². The number of thiazole rings is 1. The smallest absolute Gasteiger partial charge is 0.199 e. The maximum absolute atomic E-state index is 3.48. The highest BCUT2D eigenvalue weighted by molar-refractivity contribution is 7.18. The van der Waals surface area contributed by atoms with Crippen LogP contribution in [0.1, 0.15) is 16.1 Å². The molecule has 1 aromatic heterocycles.